The first-order valence-corrected chi connectivity index (χ1v) is 6.91. The number of carbonyl (C=O) groups excluding carboxylic acids is 1. The molecule has 98 valence electrons. The molecular formula is C9H9ClN2O5S. The number of anilines is 1. The topological polar surface area (TPSA) is 113 Å². The third kappa shape index (κ3) is 5.02. The molecule has 1 rings (SSSR count). The zero-order chi connectivity index (χ0) is 13.8. The van der Waals surface area contributed by atoms with E-state index in [9.17, 15) is 18.0 Å². The highest BCUT2D eigenvalue weighted by Gasteiger charge is 2.08. The van der Waals surface area contributed by atoms with Gasteiger partial charge in [0.05, 0.1) is 0 Å². The normalized spacial score (nSPS) is 10.7. The van der Waals surface area contributed by atoms with Crippen molar-refractivity contribution in [2.75, 3.05) is 11.3 Å². The number of carbonyl (C=O) groups is 2. The lowest BCUT2D eigenvalue weighted by Gasteiger charge is -2.04. The summed E-state index contributed by atoms with van der Waals surface area (Å²) in [5.41, 5.74) is 0.397. The number of aliphatic carboxylic acids is 1. The van der Waals surface area contributed by atoms with Gasteiger partial charge in [-0.05, 0) is 24.3 Å². The molecule has 0 saturated carbocycles. The van der Waals surface area contributed by atoms with Crippen LogP contribution in [0.4, 0.5) is 5.69 Å². The van der Waals surface area contributed by atoms with E-state index < -0.39 is 27.7 Å². The van der Waals surface area contributed by atoms with Gasteiger partial charge in [-0.15, -0.1) is 0 Å². The second kappa shape index (κ2) is 5.69. The summed E-state index contributed by atoms with van der Waals surface area (Å²) >= 11 is 0. The summed E-state index contributed by atoms with van der Waals surface area (Å²) in [7, 11) is 1.08. The predicted octanol–water partition coefficient (Wildman–Crippen LogP) is 0.396. The molecule has 7 nitrogen and oxygen atoms in total. The Labute approximate surface area is 107 Å². The maximum absolute atomic E-state index is 11.4. The van der Waals surface area contributed by atoms with Crippen LogP contribution in [0.1, 0.15) is 10.4 Å². The van der Waals surface area contributed by atoms with E-state index in [-0.39, 0.29) is 11.3 Å². The fraction of sp³-hybridized carbons (Fsp3) is 0.111. The molecule has 0 radical (unpaired) electrons. The van der Waals surface area contributed by atoms with E-state index in [1.54, 1.807) is 0 Å². The van der Waals surface area contributed by atoms with Gasteiger partial charge in [0, 0.05) is 21.9 Å². The lowest BCUT2D eigenvalue weighted by molar-refractivity contribution is -0.135. The smallest absolute Gasteiger partial charge is 0.322 e. The van der Waals surface area contributed by atoms with Crippen molar-refractivity contribution in [1.29, 1.82) is 0 Å². The summed E-state index contributed by atoms with van der Waals surface area (Å²) in [6, 6.07) is 5.33. The van der Waals surface area contributed by atoms with Gasteiger partial charge in [-0.2, -0.15) is 8.42 Å². The molecule has 1 aromatic rings. The van der Waals surface area contributed by atoms with Gasteiger partial charge in [-0.3, -0.25) is 14.3 Å². The molecule has 0 bridgehead atoms. The minimum atomic E-state index is -3.89. The molecule has 1 aromatic carbocycles. The third-order valence-electron chi connectivity index (χ3n) is 1.79. The largest absolute Gasteiger partial charge is 0.480 e. The highest BCUT2D eigenvalue weighted by molar-refractivity contribution is 8.14. The first-order chi connectivity index (χ1) is 8.28. The van der Waals surface area contributed by atoms with E-state index in [2.05, 4.69) is 5.32 Å². The summed E-state index contributed by atoms with van der Waals surface area (Å²) in [6.07, 6.45) is 0. The molecular weight excluding hydrogens is 284 g/mol. The monoisotopic (exact) mass is 292 g/mol. The molecule has 0 aliphatic heterocycles. The van der Waals surface area contributed by atoms with Crippen LogP contribution in [-0.4, -0.2) is 31.9 Å². The van der Waals surface area contributed by atoms with Gasteiger partial charge in [-0.25, -0.2) is 0 Å². The first-order valence-electron chi connectivity index (χ1n) is 4.60. The summed E-state index contributed by atoms with van der Waals surface area (Å²) in [5.74, 6) is -1.73. The summed E-state index contributed by atoms with van der Waals surface area (Å²) in [5, 5.41) is 10.5. The van der Waals surface area contributed by atoms with Gasteiger partial charge < -0.3 is 10.4 Å². The first kappa shape index (κ1) is 14.3. The Bertz CT molecular complexity index is 555. The van der Waals surface area contributed by atoms with Crippen molar-refractivity contribution in [3.8, 4) is 0 Å². The Balaban J connectivity index is 2.71. The molecule has 0 atom stereocenters. The van der Waals surface area contributed by atoms with Gasteiger partial charge in [0.2, 0.25) is 0 Å². The number of hydrogen-bond acceptors (Lipinski definition) is 4. The number of rotatable bonds is 5. The van der Waals surface area contributed by atoms with E-state index in [4.69, 9.17) is 15.8 Å². The zero-order valence-electron chi connectivity index (χ0n) is 8.88. The van der Waals surface area contributed by atoms with Gasteiger partial charge in [-0.1, -0.05) is 0 Å². The second-order valence-electron chi connectivity index (χ2n) is 3.19. The number of carboxylic acid groups (broad SMARTS) is 1. The van der Waals surface area contributed by atoms with E-state index >= 15 is 0 Å². The lowest BCUT2D eigenvalue weighted by atomic mass is 10.2. The van der Waals surface area contributed by atoms with Crippen molar-refractivity contribution >= 4 is 37.5 Å². The van der Waals surface area contributed by atoms with Crippen LogP contribution in [0.5, 0.6) is 0 Å². The van der Waals surface area contributed by atoms with Gasteiger partial charge in [0.25, 0.3) is 5.91 Å². The zero-order valence-corrected chi connectivity index (χ0v) is 10.5. The van der Waals surface area contributed by atoms with Crippen LogP contribution in [-0.2, 0) is 14.0 Å². The third-order valence-corrected chi connectivity index (χ3v) is 2.50. The second-order valence-corrected chi connectivity index (χ2v) is 5.49. The molecule has 0 heterocycles. The number of nitrogens with one attached hydrogen (secondary N) is 2. The fourth-order valence-corrected chi connectivity index (χ4v) is 1.77. The number of hydrogen-bond donors (Lipinski definition) is 3. The van der Waals surface area contributed by atoms with Crippen LogP contribution in [0.25, 0.3) is 0 Å². The molecule has 18 heavy (non-hydrogen) atoms. The fourth-order valence-electron chi connectivity index (χ4n) is 1.09. The Morgan fingerprint density at radius 2 is 1.78 bits per heavy atom. The minimum absolute atomic E-state index is 0.194. The van der Waals surface area contributed by atoms with Crippen molar-refractivity contribution in [1.82, 2.24) is 5.32 Å². The average Bonchev–Trinajstić information content (AvgIpc) is 2.24. The average molecular weight is 293 g/mol. The summed E-state index contributed by atoms with van der Waals surface area (Å²) in [6.45, 7) is -0.491. The molecule has 9 heteroatoms. The van der Waals surface area contributed by atoms with Crippen LogP contribution in [0, 0.1) is 0 Å². The minimum Gasteiger partial charge on any atom is -0.480 e. The summed E-state index contributed by atoms with van der Waals surface area (Å²) < 4.78 is 23.4. The van der Waals surface area contributed by atoms with Crippen molar-refractivity contribution in [2.24, 2.45) is 0 Å². The van der Waals surface area contributed by atoms with Gasteiger partial charge >= 0.3 is 15.2 Å². The maximum atomic E-state index is 11.4. The summed E-state index contributed by atoms with van der Waals surface area (Å²) in [4.78, 5) is 21.6. The van der Waals surface area contributed by atoms with Crippen molar-refractivity contribution < 1.29 is 23.1 Å². The molecule has 0 aliphatic carbocycles. The molecule has 0 spiro atoms. The van der Waals surface area contributed by atoms with E-state index in [0.29, 0.717) is 0 Å². The number of benzene rings is 1. The maximum Gasteiger partial charge on any atom is 0.322 e. The molecule has 3 N–H and O–H groups in total. The van der Waals surface area contributed by atoms with E-state index in [1.165, 1.54) is 24.3 Å². The van der Waals surface area contributed by atoms with Crippen molar-refractivity contribution in [2.45, 2.75) is 0 Å². The molecule has 0 fully saturated rings. The van der Waals surface area contributed by atoms with E-state index in [0.717, 1.165) is 0 Å². The van der Waals surface area contributed by atoms with Crippen LogP contribution >= 0.6 is 10.7 Å². The van der Waals surface area contributed by atoms with E-state index in [1.807, 2.05) is 4.72 Å². The van der Waals surface area contributed by atoms with Crippen LogP contribution in [0.15, 0.2) is 24.3 Å². The van der Waals surface area contributed by atoms with Gasteiger partial charge in [0.15, 0.2) is 0 Å². The quantitative estimate of drug-likeness (QED) is 0.680. The standard InChI is InChI=1S/C9H9ClN2O5S/c10-18(16,17)12-7-3-1-6(2-4-7)9(15)11-5-8(13)14/h1-4,12H,5H2,(H,11,15)(H,13,14). The Morgan fingerprint density at radius 3 is 2.22 bits per heavy atom. The predicted molar refractivity (Wildman–Crippen MR) is 64.8 cm³/mol. The Hall–Kier alpha value is -1.80. The highest BCUT2D eigenvalue weighted by Crippen LogP contribution is 2.12. The van der Waals surface area contributed by atoms with Crippen molar-refractivity contribution in [3.63, 3.8) is 0 Å². The van der Waals surface area contributed by atoms with Gasteiger partial charge in [0.1, 0.15) is 6.54 Å². The molecule has 0 unspecified atom stereocenters. The van der Waals surface area contributed by atoms with Crippen LogP contribution < -0.4 is 10.0 Å². The SMILES string of the molecule is O=C(O)CNC(=O)c1ccc(NS(=O)(=O)Cl)cc1. The van der Waals surface area contributed by atoms with Crippen LogP contribution in [0.3, 0.4) is 0 Å². The molecule has 0 aliphatic rings. The Morgan fingerprint density at radius 1 is 1.22 bits per heavy atom. The molecule has 0 aromatic heterocycles. The van der Waals surface area contributed by atoms with Crippen LogP contribution in [0.2, 0.25) is 0 Å². The molecule has 0 saturated heterocycles. The number of carboxylic acids is 1. The number of amides is 1. The number of halogens is 1. The Kier molecular flexibility index (Phi) is 4.51. The lowest BCUT2D eigenvalue weighted by Crippen LogP contribution is -2.29. The van der Waals surface area contributed by atoms with Crippen molar-refractivity contribution in [3.05, 3.63) is 29.8 Å². The highest BCUT2D eigenvalue weighted by atomic mass is 35.7. The molecule has 1 amide bonds.